The van der Waals surface area contributed by atoms with Crippen molar-refractivity contribution >= 4 is 17.2 Å². The van der Waals surface area contributed by atoms with E-state index in [2.05, 4.69) is 51.1 Å². The predicted octanol–water partition coefficient (Wildman–Crippen LogP) is 3.41. The molecule has 0 aromatic carbocycles. The van der Waals surface area contributed by atoms with Gasteiger partial charge in [-0.15, -0.1) is 11.3 Å². The molecular weight excluding hydrogens is 256 g/mol. The highest BCUT2D eigenvalue weighted by Crippen LogP contribution is 2.31. The Hall–Kier alpha value is -1.46. The first kappa shape index (κ1) is 14.0. The number of hydrogen-bond donors (Lipinski definition) is 2. The summed E-state index contributed by atoms with van der Waals surface area (Å²) in [5.74, 6) is 6.90. The molecule has 0 bridgehead atoms. The van der Waals surface area contributed by atoms with Crippen molar-refractivity contribution in [3.8, 4) is 11.4 Å². The highest BCUT2D eigenvalue weighted by molar-refractivity contribution is 7.12. The molecule has 0 amide bonds. The number of nitrogens with one attached hydrogen (secondary N) is 1. The van der Waals surface area contributed by atoms with Crippen LogP contribution in [0.2, 0.25) is 0 Å². The standard InChI is InChI=1S/C14H20N4S/c1-8-6-10(9(2)19-8)13-16-11(14(3,4)5)7-12(17-13)18-15/h6-7H,15H2,1-5H3,(H,16,17,18). The first-order chi connectivity index (χ1) is 8.81. The number of thiophene rings is 1. The molecule has 0 spiro atoms. The summed E-state index contributed by atoms with van der Waals surface area (Å²) in [6.45, 7) is 10.6. The van der Waals surface area contributed by atoms with Gasteiger partial charge in [0.2, 0.25) is 0 Å². The molecule has 2 aromatic rings. The van der Waals surface area contributed by atoms with E-state index in [-0.39, 0.29) is 5.41 Å². The maximum atomic E-state index is 5.51. The lowest BCUT2D eigenvalue weighted by Gasteiger charge is -2.19. The van der Waals surface area contributed by atoms with Gasteiger partial charge >= 0.3 is 0 Å². The predicted molar refractivity (Wildman–Crippen MR) is 81.3 cm³/mol. The Labute approximate surface area is 118 Å². The van der Waals surface area contributed by atoms with Crippen molar-refractivity contribution < 1.29 is 0 Å². The molecule has 102 valence electrons. The number of nitrogens with zero attached hydrogens (tertiary/aromatic N) is 2. The molecule has 0 unspecified atom stereocenters. The third-order valence-electron chi connectivity index (χ3n) is 2.92. The summed E-state index contributed by atoms with van der Waals surface area (Å²) < 4.78 is 0. The zero-order chi connectivity index (χ0) is 14.2. The molecule has 0 aliphatic rings. The van der Waals surface area contributed by atoms with Gasteiger partial charge in [0.15, 0.2) is 5.82 Å². The van der Waals surface area contributed by atoms with E-state index < -0.39 is 0 Å². The zero-order valence-corrected chi connectivity index (χ0v) is 12.9. The summed E-state index contributed by atoms with van der Waals surface area (Å²) in [4.78, 5) is 11.7. The summed E-state index contributed by atoms with van der Waals surface area (Å²) in [5.41, 5.74) is 4.66. The van der Waals surface area contributed by atoms with Crippen LogP contribution in [0.25, 0.3) is 11.4 Å². The molecule has 0 fully saturated rings. The van der Waals surface area contributed by atoms with Gasteiger partial charge in [0.25, 0.3) is 0 Å². The SMILES string of the molecule is Cc1cc(-c2nc(NN)cc(C(C)(C)C)n2)c(C)s1. The Bertz CT molecular complexity index is 596. The number of aromatic nitrogens is 2. The van der Waals surface area contributed by atoms with Gasteiger partial charge in [0.05, 0.1) is 5.69 Å². The van der Waals surface area contributed by atoms with E-state index in [0.29, 0.717) is 5.82 Å². The molecule has 19 heavy (non-hydrogen) atoms. The number of nitrogen functional groups attached to an aromatic ring is 1. The summed E-state index contributed by atoms with van der Waals surface area (Å²) in [6.07, 6.45) is 0. The van der Waals surface area contributed by atoms with Gasteiger partial charge in [-0.05, 0) is 19.9 Å². The lowest BCUT2D eigenvalue weighted by atomic mass is 9.92. The number of hydrogen-bond acceptors (Lipinski definition) is 5. The first-order valence-electron chi connectivity index (χ1n) is 6.25. The van der Waals surface area contributed by atoms with Gasteiger partial charge in [-0.2, -0.15) is 0 Å². The van der Waals surface area contributed by atoms with Crippen LogP contribution in [-0.2, 0) is 5.41 Å². The monoisotopic (exact) mass is 276 g/mol. The first-order valence-corrected chi connectivity index (χ1v) is 7.06. The van der Waals surface area contributed by atoms with E-state index >= 15 is 0 Å². The maximum Gasteiger partial charge on any atom is 0.162 e. The van der Waals surface area contributed by atoms with E-state index in [1.54, 1.807) is 11.3 Å². The average molecular weight is 276 g/mol. The Balaban J connectivity index is 2.60. The maximum absolute atomic E-state index is 5.51. The fourth-order valence-corrected chi connectivity index (χ4v) is 2.80. The third-order valence-corrected chi connectivity index (χ3v) is 3.89. The number of anilines is 1. The molecule has 0 aliphatic carbocycles. The van der Waals surface area contributed by atoms with Crippen molar-refractivity contribution in [2.45, 2.75) is 40.0 Å². The zero-order valence-electron chi connectivity index (χ0n) is 12.0. The van der Waals surface area contributed by atoms with Crippen LogP contribution in [0.3, 0.4) is 0 Å². The van der Waals surface area contributed by atoms with Crippen LogP contribution in [0.4, 0.5) is 5.82 Å². The average Bonchev–Trinajstić information content (AvgIpc) is 2.66. The van der Waals surface area contributed by atoms with Crippen LogP contribution in [0.15, 0.2) is 12.1 Å². The minimum Gasteiger partial charge on any atom is -0.308 e. The van der Waals surface area contributed by atoms with Crippen molar-refractivity contribution in [2.24, 2.45) is 5.84 Å². The third kappa shape index (κ3) is 2.93. The number of nitrogens with two attached hydrogens (primary N) is 1. The summed E-state index contributed by atoms with van der Waals surface area (Å²) in [5, 5.41) is 0. The van der Waals surface area contributed by atoms with Gasteiger partial charge in [0.1, 0.15) is 5.82 Å². The van der Waals surface area contributed by atoms with Crippen molar-refractivity contribution in [1.29, 1.82) is 0 Å². The second-order valence-corrected chi connectivity index (χ2v) is 7.14. The smallest absolute Gasteiger partial charge is 0.162 e. The number of hydrazine groups is 1. The van der Waals surface area contributed by atoms with Gasteiger partial charge in [-0.25, -0.2) is 15.8 Å². The molecule has 2 rings (SSSR count). The minimum absolute atomic E-state index is 0.0394. The van der Waals surface area contributed by atoms with E-state index in [1.165, 1.54) is 9.75 Å². The normalized spacial score (nSPS) is 11.7. The van der Waals surface area contributed by atoms with E-state index in [4.69, 9.17) is 10.8 Å². The minimum atomic E-state index is -0.0394. The Morgan fingerprint density at radius 2 is 1.84 bits per heavy atom. The van der Waals surface area contributed by atoms with Crippen molar-refractivity contribution in [3.05, 3.63) is 27.6 Å². The van der Waals surface area contributed by atoms with E-state index in [1.807, 2.05) is 6.07 Å². The molecule has 0 radical (unpaired) electrons. The summed E-state index contributed by atoms with van der Waals surface area (Å²) >= 11 is 1.76. The van der Waals surface area contributed by atoms with Gasteiger partial charge in [0, 0.05) is 26.8 Å². The number of aryl methyl sites for hydroxylation is 2. The van der Waals surface area contributed by atoms with Gasteiger partial charge < -0.3 is 5.43 Å². The van der Waals surface area contributed by atoms with Crippen LogP contribution >= 0.6 is 11.3 Å². The lowest BCUT2D eigenvalue weighted by molar-refractivity contribution is 0.568. The topological polar surface area (TPSA) is 63.8 Å². The van der Waals surface area contributed by atoms with Gasteiger partial charge in [-0.1, -0.05) is 20.8 Å². The van der Waals surface area contributed by atoms with Crippen LogP contribution in [0, 0.1) is 13.8 Å². The van der Waals surface area contributed by atoms with E-state index in [9.17, 15) is 0 Å². The largest absolute Gasteiger partial charge is 0.308 e. The van der Waals surface area contributed by atoms with Crippen LogP contribution in [0.5, 0.6) is 0 Å². The van der Waals surface area contributed by atoms with Crippen LogP contribution < -0.4 is 11.3 Å². The second kappa shape index (κ2) is 4.90. The Morgan fingerprint density at radius 3 is 2.32 bits per heavy atom. The molecule has 0 saturated carbocycles. The molecule has 3 N–H and O–H groups in total. The van der Waals surface area contributed by atoms with Crippen molar-refractivity contribution in [2.75, 3.05) is 5.43 Å². The lowest BCUT2D eigenvalue weighted by Crippen LogP contribution is -2.17. The Morgan fingerprint density at radius 1 is 1.16 bits per heavy atom. The molecule has 2 heterocycles. The molecular formula is C14H20N4S. The molecule has 2 aromatic heterocycles. The van der Waals surface area contributed by atoms with Crippen LogP contribution in [0.1, 0.15) is 36.2 Å². The fourth-order valence-electron chi connectivity index (χ4n) is 1.88. The molecule has 5 heteroatoms. The molecule has 0 aliphatic heterocycles. The fraction of sp³-hybridized carbons (Fsp3) is 0.429. The number of rotatable bonds is 2. The summed E-state index contributed by atoms with van der Waals surface area (Å²) in [7, 11) is 0. The highest BCUT2D eigenvalue weighted by Gasteiger charge is 2.19. The van der Waals surface area contributed by atoms with Gasteiger partial charge in [-0.3, -0.25) is 0 Å². The highest BCUT2D eigenvalue weighted by atomic mass is 32.1. The van der Waals surface area contributed by atoms with Crippen molar-refractivity contribution in [3.63, 3.8) is 0 Å². The van der Waals surface area contributed by atoms with Crippen LogP contribution in [-0.4, -0.2) is 9.97 Å². The van der Waals surface area contributed by atoms with E-state index in [0.717, 1.165) is 17.1 Å². The quantitative estimate of drug-likeness (QED) is 0.652. The Kier molecular flexibility index (Phi) is 3.60. The second-order valence-electron chi connectivity index (χ2n) is 5.68. The molecule has 0 atom stereocenters. The van der Waals surface area contributed by atoms with Crippen molar-refractivity contribution in [1.82, 2.24) is 9.97 Å². The summed E-state index contributed by atoms with van der Waals surface area (Å²) in [6, 6.07) is 4.03. The molecule has 4 nitrogen and oxygen atoms in total. The molecule has 0 saturated heterocycles.